The largest absolute Gasteiger partial charge is 0.377 e. The number of rotatable bonds is 4. The first kappa shape index (κ1) is 15.2. The van der Waals surface area contributed by atoms with E-state index in [9.17, 15) is 8.78 Å². The Morgan fingerprint density at radius 1 is 1.15 bits per heavy atom. The second kappa shape index (κ2) is 6.52. The number of hydrogen-bond donors (Lipinski definition) is 2. The number of hydrogen-bond acceptors (Lipinski definition) is 2. The van der Waals surface area contributed by atoms with E-state index in [0.717, 1.165) is 4.47 Å². The van der Waals surface area contributed by atoms with Gasteiger partial charge in [-0.3, -0.25) is 0 Å². The summed E-state index contributed by atoms with van der Waals surface area (Å²) in [4.78, 5) is 0. The van der Waals surface area contributed by atoms with Gasteiger partial charge in [0.1, 0.15) is 11.6 Å². The van der Waals surface area contributed by atoms with E-state index in [1.807, 2.05) is 0 Å². The van der Waals surface area contributed by atoms with E-state index in [1.165, 1.54) is 24.3 Å². The van der Waals surface area contributed by atoms with Gasteiger partial charge in [0.2, 0.25) is 0 Å². The molecule has 2 aromatic carbocycles. The third kappa shape index (κ3) is 3.69. The first-order valence-electron chi connectivity index (χ1n) is 5.87. The number of halogens is 4. The highest BCUT2D eigenvalue weighted by molar-refractivity contribution is 9.10. The minimum atomic E-state index is -0.450. The van der Waals surface area contributed by atoms with E-state index in [2.05, 4.69) is 21.2 Å². The van der Waals surface area contributed by atoms with Gasteiger partial charge in [0, 0.05) is 21.7 Å². The van der Waals surface area contributed by atoms with Crippen LogP contribution in [-0.2, 0) is 0 Å². The molecule has 0 aromatic heterocycles. The van der Waals surface area contributed by atoms with Crippen LogP contribution in [0.3, 0.4) is 0 Å². The number of anilines is 1. The Hall–Kier alpha value is -1.17. The molecule has 0 saturated heterocycles. The van der Waals surface area contributed by atoms with Gasteiger partial charge in [0.05, 0.1) is 6.04 Å². The van der Waals surface area contributed by atoms with Gasteiger partial charge in [-0.2, -0.15) is 0 Å². The summed E-state index contributed by atoms with van der Waals surface area (Å²) in [6.07, 6.45) is 0. The molecule has 0 bridgehead atoms. The summed E-state index contributed by atoms with van der Waals surface area (Å²) in [7, 11) is 0. The predicted molar refractivity (Wildman–Crippen MR) is 80.9 cm³/mol. The lowest BCUT2D eigenvalue weighted by Crippen LogP contribution is -2.21. The lowest BCUT2D eigenvalue weighted by Gasteiger charge is -2.20. The summed E-state index contributed by atoms with van der Waals surface area (Å²) >= 11 is 9.15. The maximum atomic E-state index is 13.3. The molecule has 0 fully saturated rings. The Bertz CT molecular complexity index is 602. The third-order valence-electron chi connectivity index (χ3n) is 2.77. The maximum Gasteiger partial charge on any atom is 0.126 e. The van der Waals surface area contributed by atoms with Gasteiger partial charge in [0.25, 0.3) is 0 Å². The second-order valence-corrected chi connectivity index (χ2v) is 5.55. The highest BCUT2D eigenvalue weighted by Gasteiger charge is 2.14. The molecule has 0 spiro atoms. The Balaban J connectivity index is 2.31. The SMILES string of the molecule is NCC(Nc1cc(F)cc(Cl)c1)c1cc(F)ccc1Br. The molecule has 0 aliphatic rings. The Labute approximate surface area is 129 Å². The lowest BCUT2D eigenvalue weighted by atomic mass is 10.1. The average molecular weight is 362 g/mol. The molecule has 2 rings (SSSR count). The Morgan fingerprint density at radius 2 is 1.90 bits per heavy atom. The molecule has 0 heterocycles. The van der Waals surface area contributed by atoms with Gasteiger partial charge in [-0.1, -0.05) is 27.5 Å². The van der Waals surface area contributed by atoms with E-state index in [-0.39, 0.29) is 23.4 Å². The van der Waals surface area contributed by atoms with Crippen LogP contribution in [0.2, 0.25) is 5.02 Å². The number of nitrogens with one attached hydrogen (secondary N) is 1. The van der Waals surface area contributed by atoms with Gasteiger partial charge >= 0.3 is 0 Å². The number of benzene rings is 2. The van der Waals surface area contributed by atoms with Gasteiger partial charge in [-0.05, 0) is 42.0 Å². The Kier molecular flexibility index (Phi) is 4.96. The van der Waals surface area contributed by atoms with Gasteiger partial charge in [-0.25, -0.2) is 8.78 Å². The molecule has 106 valence electrons. The van der Waals surface area contributed by atoms with Crippen LogP contribution in [0.15, 0.2) is 40.9 Å². The fourth-order valence-corrected chi connectivity index (χ4v) is 2.63. The zero-order valence-electron chi connectivity index (χ0n) is 10.3. The van der Waals surface area contributed by atoms with E-state index in [0.29, 0.717) is 11.3 Å². The summed E-state index contributed by atoms with van der Waals surface area (Å²) in [6.45, 7) is 0.218. The molecule has 1 unspecified atom stereocenters. The van der Waals surface area contributed by atoms with Crippen LogP contribution in [0.1, 0.15) is 11.6 Å². The molecule has 1 atom stereocenters. The molecular formula is C14H12BrClF2N2. The van der Waals surface area contributed by atoms with Crippen molar-refractivity contribution in [2.75, 3.05) is 11.9 Å². The van der Waals surface area contributed by atoms with Crippen LogP contribution in [0, 0.1) is 11.6 Å². The van der Waals surface area contributed by atoms with E-state index < -0.39 is 5.82 Å². The highest BCUT2D eigenvalue weighted by atomic mass is 79.9. The fraction of sp³-hybridized carbons (Fsp3) is 0.143. The van der Waals surface area contributed by atoms with Crippen molar-refractivity contribution in [1.82, 2.24) is 0 Å². The van der Waals surface area contributed by atoms with Crippen LogP contribution < -0.4 is 11.1 Å². The second-order valence-electron chi connectivity index (χ2n) is 4.26. The standard InChI is InChI=1S/C14H12BrClF2N2/c15-13-2-1-9(17)6-12(13)14(7-19)20-11-4-8(16)3-10(18)5-11/h1-6,14,20H,7,19H2. The summed E-state index contributed by atoms with van der Waals surface area (Å²) in [5.41, 5.74) is 6.86. The molecule has 6 heteroatoms. The molecule has 2 nitrogen and oxygen atoms in total. The molecule has 3 N–H and O–H groups in total. The predicted octanol–water partition coefficient (Wildman–Crippen LogP) is 4.49. The van der Waals surface area contributed by atoms with Crippen LogP contribution in [0.25, 0.3) is 0 Å². The summed E-state index contributed by atoms with van der Waals surface area (Å²) < 4.78 is 27.4. The normalized spacial score (nSPS) is 12.2. The van der Waals surface area contributed by atoms with Crippen LogP contribution in [-0.4, -0.2) is 6.54 Å². The van der Waals surface area contributed by atoms with Crippen molar-refractivity contribution in [3.05, 3.63) is 63.1 Å². The first-order valence-corrected chi connectivity index (χ1v) is 7.04. The van der Waals surface area contributed by atoms with Crippen molar-refractivity contribution in [3.63, 3.8) is 0 Å². The smallest absolute Gasteiger partial charge is 0.126 e. The molecule has 0 saturated carbocycles. The molecule has 0 aliphatic heterocycles. The maximum absolute atomic E-state index is 13.3. The van der Waals surface area contributed by atoms with Crippen molar-refractivity contribution in [2.45, 2.75) is 6.04 Å². The Morgan fingerprint density at radius 3 is 2.55 bits per heavy atom. The van der Waals surface area contributed by atoms with Gasteiger partial charge < -0.3 is 11.1 Å². The van der Waals surface area contributed by atoms with Crippen LogP contribution >= 0.6 is 27.5 Å². The molecule has 20 heavy (non-hydrogen) atoms. The quantitative estimate of drug-likeness (QED) is 0.842. The minimum Gasteiger partial charge on any atom is -0.377 e. The van der Waals surface area contributed by atoms with Gasteiger partial charge in [-0.15, -0.1) is 0 Å². The average Bonchev–Trinajstić information content (AvgIpc) is 2.38. The zero-order chi connectivity index (χ0) is 14.7. The summed E-state index contributed by atoms with van der Waals surface area (Å²) in [5, 5.41) is 3.33. The van der Waals surface area contributed by atoms with Crippen molar-refractivity contribution < 1.29 is 8.78 Å². The summed E-state index contributed by atoms with van der Waals surface area (Å²) in [5.74, 6) is -0.810. The van der Waals surface area contributed by atoms with Crippen molar-refractivity contribution in [1.29, 1.82) is 0 Å². The van der Waals surface area contributed by atoms with Crippen LogP contribution in [0.5, 0.6) is 0 Å². The van der Waals surface area contributed by atoms with Crippen molar-refractivity contribution in [2.24, 2.45) is 5.73 Å². The molecule has 0 radical (unpaired) electrons. The summed E-state index contributed by atoms with van der Waals surface area (Å²) in [6, 6.07) is 8.08. The van der Waals surface area contributed by atoms with Crippen molar-refractivity contribution >= 4 is 33.2 Å². The topological polar surface area (TPSA) is 38.0 Å². The molecular weight excluding hydrogens is 350 g/mol. The third-order valence-corrected chi connectivity index (χ3v) is 3.71. The zero-order valence-corrected chi connectivity index (χ0v) is 12.7. The van der Waals surface area contributed by atoms with E-state index >= 15 is 0 Å². The van der Waals surface area contributed by atoms with E-state index in [4.69, 9.17) is 17.3 Å². The molecule has 0 amide bonds. The lowest BCUT2D eigenvalue weighted by molar-refractivity contribution is 0.620. The van der Waals surface area contributed by atoms with E-state index in [1.54, 1.807) is 12.1 Å². The molecule has 2 aromatic rings. The monoisotopic (exact) mass is 360 g/mol. The first-order chi connectivity index (χ1) is 9.49. The number of nitrogens with two attached hydrogens (primary N) is 1. The van der Waals surface area contributed by atoms with Crippen molar-refractivity contribution in [3.8, 4) is 0 Å². The fourth-order valence-electron chi connectivity index (χ4n) is 1.88. The molecule has 0 aliphatic carbocycles. The van der Waals surface area contributed by atoms with Gasteiger partial charge in [0.15, 0.2) is 0 Å². The van der Waals surface area contributed by atoms with Crippen LogP contribution in [0.4, 0.5) is 14.5 Å². The highest BCUT2D eigenvalue weighted by Crippen LogP contribution is 2.28. The minimum absolute atomic E-state index is 0.218.